The first kappa shape index (κ1) is 10.3. The monoisotopic (exact) mass is 162 g/mol. The van der Waals surface area contributed by atoms with Gasteiger partial charge in [-0.2, -0.15) is 11.8 Å². The van der Waals surface area contributed by atoms with E-state index in [-0.39, 0.29) is 0 Å². The summed E-state index contributed by atoms with van der Waals surface area (Å²) in [5, 5.41) is 0. The first-order chi connectivity index (χ1) is 4.68. The van der Waals surface area contributed by atoms with Gasteiger partial charge in [-0.05, 0) is 19.1 Å². The molecule has 0 N–H and O–H groups in total. The van der Waals surface area contributed by atoms with Crippen LogP contribution in [-0.2, 0) is 4.74 Å². The summed E-state index contributed by atoms with van der Waals surface area (Å²) in [6.45, 7) is 7.39. The highest BCUT2D eigenvalue weighted by molar-refractivity contribution is 7.98. The fourth-order valence-corrected chi connectivity index (χ4v) is 0.773. The predicted octanol–water partition coefficient (Wildman–Crippen LogP) is 2.41. The first-order valence-corrected chi connectivity index (χ1v) is 5.18. The highest BCUT2D eigenvalue weighted by Crippen LogP contribution is 2.05. The predicted molar refractivity (Wildman–Crippen MR) is 48.6 cm³/mol. The van der Waals surface area contributed by atoms with E-state index in [2.05, 4.69) is 27.0 Å². The molecule has 62 valence electrons. The summed E-state index contributed by atoms with van der Waals surface area (Å²) in [5.74, 6) is 1.75. The number of rotatable bonds is 5. The van der Waals surface area contributed by atoms with Crippen LogP contribution in [0.15, 0.2) is 0 Å². The van der Waals surface area contributed by atoms with E-state index >= 15 is 0 Å². The minimum absolute atomic E-state index is 0.409. The van der Waals surface area contributed by atoms with Crippen LogP contribution in [0, 0.1) is 5.92 Å². The Hall–Kier alpha value is 0.310. The van der Waals surface area contributed by atoms with Crippen LogP contribution >= 0.6 is 11.8 Å². The molecule has 0 aliphatic carbocycles. The second-order valence-corrected chi connectivity index (χ2v) is 3.80. The smallest absolute Gasteiger partial charge is 0.0570 e. The molecule has 0 amide bonds. The van der Waals surface area contributed by atoms with Crippen LogP contribution < -0.4 is 0 Å². The van der Waals surface area contributed by atoms with Crippen molar-refractivity contribution in [3.8, 4) is 0 Å². The van der Waals surface area contributed by atoms with Gasteiger partial charge in [-0.15, -0.1) is 0 Å². The van der Waals surface area contributed by atoms with E-state index in [1.807, 2.05) is 11.8 Å². The van der Waals surface area contributed by atoms with Crippen molar-refractivity contribution in [2.45, 2.75) is 26.9 Å². The average Bonchev–Trinajstić information content (AvgIpc) is 1.88. The van der Waals surface area contributed by atoms with Gasteiger partial charge in [0.25, 0.3) is 0 Å². The highest BCUT2D eigenvalue weighted by Gasteiger charge is 2.05. The van der Waals surface area contributed by atoms with Gasteiger partial charge in [-0.1, -0.05) is 13.8 Å². The van der Waals surface area contributed by atoms with Crippen LogP contribution in [0.2, 0.25) is 0 Å². The molecule has 0 radical (unpaired) electrons. The van der Waals surface area contributed by atoms with Crippen LogP contribution in [0.25, 0.3) is 0 Å². The molecule has 1 atom stereocenters. The molecule has 0 fully saturated rings. The van der Waals surface area contributed by atoms with Crippen LogP contribution in [0.4, 0.5) is 0 Å². The van der Waals surface area contributed by atoms with Gasteiger partial charge < -0.3 is 4.74 Å². The Morgan fingerprint density at radius 1 is 1.30 bits per heavy atom. The van der Waals surface area contributed by atoms with Crippen molar-refractivity contribution in [1.82, 2.24) is 0 Å². The van der Waals surface area contributed by atoms with E-state index in [1.165, 1.54) is 0 Å². The summed E-state index contributed by atoms with van der Waals surface area (Å²) >= 11 is 1.83. The van der Waals surface area contributed by atoms with Gasteiger partial charge in [0.1, 0.15) is 0 Å². The van der Waals surface area contributed by atoms with E-state index in [0.29, 0.717) is 12.0 Å². The van der Waals surface area contributed by atoms with Crippen molar-refractivity contribution in [2.24, 2.45) is 5.92 Å². The summed E-state index contributed by atoms with van der Waals surface area (Å²) in [5.41, 5.74) is 0. The molecule has 0 aromatic heterocycles. The molecule has 0 rings (SSSR count). The molecule has 10 heavy (non-hydrogen) atoms. The molecule has 0 heterocycles. The number of ether oxygens (including phenoxy) is 1. The third-order valence-corrected chi connectivity index (χ3v) is 2.18. The maximum Gasteiger partial charge on any atom is 0.0570 e. The van der Waals surface area contributed by atoms with Crippen molar-refractivity contribution in [3.05, 3.63) is 0 Å². The Kier molecular flexibility index (Phi) is 6.24. The van der Waals surface area contributed by atoms with Gasteiger partial charge in [-0.3, -0.25) is 0 Å². The lowest BCUT2D eigenvalue weighted by molar-refractivity contribution is 0.0461. The third-order valence-electron chi connectivity index (χ3n) is 1.61. The third kappa shape index (κ3) is 5.12. The van der Waals surface area contributed by atoms with Crippen LogP contribution in [-0.4, -0.2) is 24.7 Å². The fourth-order valence-electron chi connectivity index (χ4n) is 0.510. The van der Waals surface area contributed by atoms with Crippen molar-refractivity contribution in [2.75, 3.05) is 18.6 Å². The van der Waals surface area contributed by atoms with Gasteiger partial charge in [0, 0.05) is 5.75 Å². The lowest BCUT2D eigenvalue weighted by atomic mass is 10.1. The SMILES string of the molecule is CSCCOC(C)C(C)C. The molecule has 0 saturated heterocycles. The maximum absolute atomic E-state index is 5.52. The molecular formula is C8H18OS. The van der Waals surface area contributed by atoms with Gasteiger partial charge in [-0.25, -0.2) is 0 Å². The van der Waals surface area contributed by atoms with Crippen molar-refractivity contribution in [3.63, 3.8) is 0 Å². The van der Waals surface area contributed by atoms with Gasteiger partial charge in [0.05, 0.1) is 12.7 Å². The Balaban J connectivity index is 3.13. The Morgan fingerprint density at radius 3 is 2.30 bits per heavy atom. The van der Waals surface area contributed by atoms with Crippen molar-refractivity contribution < 1.29 is 4.74 Å². The van der Waals surface area contributed by atoms with E-state index in [4.69, 9.17) is 4.74 Å². The Bertz CT molecular complexity index is 73.7. The van der Waals surface area contributed by atoms with E-state index in [1.54, 1.807) is 0 Å². The molecule has 1 unspecified atom stereocenters. The van der Waals surface area contributed by atoms with Crippen LogP contribution in [0.3, 0.4) is 0 Å². The largest absolute Gasteiger partial charge is 0.377 e. The van der Waals surface area contributed by atoms with Crippen molar-refractivity contribution >= 4 is 11.8 Å². The fraction of sp³-hybridized carbons (Fsp3) is 1.00. The Morgan fingerprint density at radius 2 is 1.90 bits per heavy atom. The van der Waals surface area contributed by atoms with Crippen LogP contribution in [0.1, 0.15) is 20.8 Å². The lowest BCUT2D eigenvalue weighted by Crippen LogP contribution is -2.16. The molecule has 0 aromatic carbocycles. The van der Waals surface area contributed by atoms with Gasteiger partial charge >= 0.3 is 0 Å². The molecule has 1 nitrogen and oxygen atoms in total. The maximum atomic E-state index is 5.52. The molecular weight excluding hydrogens is 144 g/mol. The highest BCUT2D eigenvalue weighted by atomic mass is 32.2. The second kappa shape index (κ2) is 6.05. The average molecular weight is 162 g/mol. The zero-order chi connectivity index (χ0) is 7.98. The molecule has 0 spiro atoms. The normalized spacial score (nSPS) is 14.1. The van der Waals surface area contributed by atoms with E-state index in [0.717, 1.165) is 12.4 Å². The first-order valence-electron chi connectivity index (χ1n) is 3.79. The molecule has 0 bridgehead atoms. The van der Waals surface area contributed by atoms with E-state index in [9.17, 15) is 0 Å². The summed E-state index contributed by atoms with van der Waals surface area (Å²) in [7, 11) is 0. The number of hydrogen-bond acceptors (Lipinski definition) is 2. The van der Waals surface area contributed by atoms with Gasteiger partial charge in [0.2, 0.25) is 0 Å². The summed E-state index contributed by atoms with van der Waals surface area (Å²) < 4.78 is 5.52. The molecule has 0 aromatic rings. The summed E-state index contributed by atoms with van der Waals surface area (Å²) in [6, 6.07) is 0. The number of thioether (sulfide) groups is 1. The summed E-state index contributed by atoms with van der Waals surface area (Å²) in [6.07, 6.45) is 2.51. The van der Waals surface area contributed by atoms with Crippen LogP contribution in [0.5, 0.6) is 0 Å². The van der Waals surface area contributed by atoms with E-state index < -0.39 is 0 Å². The van der Waals surface area contributed by atoms with Gasteiger partial charge in [0.15, 0.2) is 0 Å². The standard InChI is InChI=1S/C8H18OS/c1-7(2)8(3)9-5-6-10-4/h7-8H,5-6H2,1-4H3. The zero-order valence-electron chi connectivity index (χ0n) is 7.39. The number of hydrogen-bond donors (Lipinski definition) is 0. The molecule has 2 heteroatoms. The van der Waals surface area contributed by atoms with Crippen molar-refractivity contribution in [1.29, 1.82) is 0 Å². The summed E-state index contributed by atoms with van der Waals surface area (Å²) in [4.78, 5) is 0. The minimum Gasteiger partial charge on any atom is -0.377 e. The molecule has 0 aliphatic rings. The minimum atomic E-state index is 0.409. The molecule has 0 saturated carbocycles. The topological polar surface area (TPSA) is 9.23 Å². The molecule has 0 aliphatic heterocycles. The second-order valence-electron chi connectivity index (χ2n) is 2.81. The Labute approximate surface area is 68.5 Å². The quantitative estimate of drug-likeness (QED) is 0.574. The lowest BCUT2D eigenvalue weighted by Gasteiger charge is -2.15. The zero-order valence-corrected chi connectivity index (χ0v) is 8.20.